The monoisotopic (exact) mass is 373 g/mol. The fourth-order valence-electron chi connectivity index (χ4n) is 2.63. The predicted octanol–water partition coefficient (Wildman–Crippen LogP) is 3.97. The Morgan fingerprint density at radius 2 is 1.82 bits per heavy atom. The molecule has 0 saturated carbocycles. The lowest BCUT2D eigenvalue weighted by Gasteiger charge is -2.13. The maximum absolute atomic E-state index is 12.6. The van der Waals surface area contributed by atoms with Gasteiger partial charge in [0.15, 0.2) is 0 Å². The minimum Gasteiger partial charge on any atom is -0.495 e. The van der Waals surface area contributed by atoms with Crippen molar-refractivity contribution in [3.05, 3.63) is 71.2 Å². The molecule has 1 heterocycles. The lowest BCUT2D eigenvalue weighted by molar-refractivity contribution is 0.102. The van der Waals surface area contributed by atoms with Crippen LogP contribution < -0.4 is 15.4 Å². The third-order valence-corrected chi connectivity index (χ3v) is 3.96. The van der Waals surface area contributed by atoms with Crippen molar-refractivity contribution in [2.75, 3.05) is 17.7 Å². The predicted molar refractivity (Wildman–Crippen MR) is 107 cm³/mol. The number of rotatable bonds is 5. The maximum atomic E-state index is 12.6. The van der Waals surface area contributed by atoms with Gasteiger partial charge in [-0.25, -0.2) is 9.97 Å². The third kappa shape index (κ3) is 4.43. The van der Waals surface area contributed by atoms with Crippen molar-refractivity contribution >= 4 is 23.1 Å². The van der Waals surface area contributed by atoms with Crippen LogP contribution in [-0.4, -0.2) is 23.0 Å². The van der Waals surface area contributed by atoms with E-state index in [0.29, 0.717) is 28.6 Å². The number of anilines is 3. The molecular weight excluding hydrogens is 354 g/mol. The first-order chi connectivity index (χ1) is 13.5. The molecular formula is C21H19N5O2. The minimum atomic E-state index is -0.366. The molecule has 140 valence electrons. The Morgan fingerprint density at radius 1 is 1.07 bits per heavy atom. The Balaban J connectivity index is 1.83. The highest BCUT2D eigenvalue weighted by atomic mass is 16.5. The van der Waals surface area contributed by atoms with Gasteiger partial charge >= 0.3 is 0 Å². The molecule has 3 aromatic rings. The Morgan fingerprint density at radius 3 is 2.50 bits per heavy atom. The molecule has 0 aliphatic rings. The summed E-state index contributed by atoms with van der Waals surface area (Å²) >= 11 is 0. The van der Waals surface area contributed by atoms with Crippen LogP contribution in [0.15, 0.2) is 48.5 Å². The second-order valence-corrected chi connectivity index (χ2v) is 6.16. The number of ether oxygens (including phenoxy) is 1. The summed E-state index contributed by atoms with van der Waals surface area (Å²) in [4.78, 5) is 21.2. The van der Waals surface area contributed by atoms with Crippen molar-refractivity contribution < 1.29 is 9.53 Å². The molecule has 0 unspecified atom stereocenters. The topological polar surface area (TPSA) is 99.9 Å². The van der Waals surface area contributed by atoms with Gasteiger partial charge in [0.1, 0.15) is 23.1 Å². The molecule has 0 spiro atoms. The number of benzene rings is 2. The van der Waals surface area contributed by atoms with Crippen molar-refractivity contribution in [1.29, 1.82) is 5.26 Å². The number of hydrogen-bond acceptors (Lipinski definition) is 6. The van der Waals surface area contributed by atoms with Gasteiger partial charge in [-0.3, -0.25) is 4.79 Å². The van der Waals surface area contributed by atoms with E-state index < -0.39 is 0 Å². The molecule has 7 nitrogen and oxygen atoms in total. The third-order valence-electron chi connectivity index (χ3n) is 3.96. The Hall–Kier alpha value is -3.92. The normalized spacial score (nSPS) is 10.1. The van der Waals surface area contributed by atoms with Crippen molar-refractivity contribution in [2.45, 2.75) is 13.8 Å². The van der Waals surface area contributed by atoms with Crippen molar-refractivity contribution in [1.82, 2.24) is 9.97 Å². The van der Waals surface area contributed by atoms with Crippen LogP contribution in [0.2, 0.25) is 0 Å². The van der Waals surface area contributed by atoms with Crippen molar-refractivity contribution in [3.8, 4) is 11.8 Å². The standard InChI is InChI=1S/C21H19N5O2/c1-13-4-9-19(28-3)17(10-13)26-20-11-18(23-14(2)24-20)21(27)25-16-7-5-15(12-22)6-8-16/h4-11H,1-3H3,(H,25,27)(H,23,24,26). The first-order valence-electron chi connectivity index (χ1n) is 8.57. The van der Waals surface area contributed by atoms with E-state index in [1.807, 2.05) is 31.2 Å². The smallest absolute Gasteiger partial charge is 0.274 e. The van der Waals surface area contributed by atoms with Crippen LogP contribution >= 0.6 is 0 Å². The minimum absolute atomic E-state index is 0.228. The summed E-state index contributed by atoms with van der Waals surface area (Å²) in [7, 11) is 1.59. The molecule has 2 aromatic carbocycles. The zero-order chi connectivity index (χ0) is 20.1. The first kappa shape index (κ1) is 18.9. The summed E-state index contributed by atoms with van der Waals surface area (Å²) in [6.07, 6.45) is 0. The number of hydrogen-bond donors (Lipinski definition) is 2. The average Bonchev–Trinajstić information content (AvgIpc) is 2.68. The van der Waals surface area contributed by atoms with Gasteiger partial charge in [0.2, 0.25) is 0 Å². The van der Waals surface area contributed by atoms with E-state index in [1.165, 1.54) is 0 Å². The van der Waals surface area contributed by atoms with E-state index in [2.05, 4.69) is 20.6 Å². The number of carbonyl (C=O) groups excluding carboxylic acids is 1. The summed E-state index contributed by atoms with van der Waals surface area (Å²) in [6, 6.07) is 16.0. The van der Waals surface area contributed by atoms with Gasteiger partial charge in [0.05, 0.1) is 24.4 Å². The number of methoxy groups -OCH3 is 1. The van der Waals surface area contributed by atoms with E-state index in [0.717, 1.165) is 11.3 Å². The van der Waals surface area contributed by atoms with Crippen LogP contribution in [0.1, 0.15) is 27.4 Å². The number of aryl methyl sites for hydroxylation is 2. The molecule has 3 rings (SSSR count). The molecule has 0 fully saturated rings. The van der Waals surface area contributed by atoms with Crippen LogP contribution in [-0.2, 0) is 0 Å². The van der Waals surface area contributed by atoms with Gasteiger partial charge < -0.3 is 15.4 Å². The second-order valence-electron chi connectivity index (χ2n) is 6.16. The molecule has 1 amide bonds. The fourth-order valence-corrected chi connectivity index (χ4v) is 2.63. The molecule has 1 aromatic heterocycles. The zero-order valence-corrected chi connectivity index (χ0v) is 15.8. The molecule has 0 saturated heterocycles. The molecule has 0 atom stereocenters. The number of amides is 1. The van der Waals surface area contributed by atoms with Crippen molar-refractivity contribution in [3.63, 3.8) is 0 Å². The van der Waals surface area contributed by atoms with Crippen LogP contribution in [0, 0.1) is 25.2 Å². The van der Waals surface area contributed by atoms with E-state index in [1.54, 1.807) is 44.4 Å². The molecule has 7 heteroatoms. The van der Waals surface area contributed by atoms with Crippen LogP contribution in [0.3, 0.4) is 0 Å². The Kier molecular flexibility index (Phi) is 5.51. The number of carbonyl (C=O) groups is 1. The van der Waals surface area contributed by atoms with E-state index in [9.17, 15) is 4.79 Å². The Bertz CT molecular complexity index is 1060. The summed E-state index contributed by atoms with van der Waals surface area (Å²) in [5.74, 6) is 1.25. The summed E-state index contributed by atoms with van der Waals surface area (Å²) < 4.78 is 5.37. The molecule has 0 aliphatic carbocycles. The number of nitrogens with one attached hydrogen (secondary N) is 2. The van der Waals surface area contributed by atoms with Crippen LogP contribution in [0.25, 0.3) is 0 Å². The zero-order valence-electron chi connectivity index (χ0n) is 15.8. The maximum Gasteiger partial charge on any atom is 0.274 e. The van der Waals surface area contributed by atoms with Gasteiger partial charge in [-0.2, -0.15) is 5.26 Å². The summed E-state index contributed by atoms with van der Waals surface area (Å²) in [6.45, 7) is 3.70. The summed E-state index contributed by atoms with van der Waals surface area (Å²) in [5.41, 5.74) is 3.14. The molecule has 28 heavy (non-hydrogen) atoms. The van der Waals surface area contributed by atoms with Gasteiger partial charge in [-0.1, -0.05) is 6.07 Å². The molecule has 0 bridgehead atoms. The quantitative estimate of drug-likeness (QED) is 0.702. The number of nitrogens with zero attached hydrogens (tertiary/aromatic N) is 3. The highest BCUT2D eigenvalue weighted by Gasteiger charge is 2.12. The lowest BCUT2D eigenvalue weighted by Crippen LogP contribution is -2.15. The second kappa shape index (κ2) is 8.18. The first-order valence-corrected chi connectivity index (χ1v) is 8.57. The van der Waals surface area contributed by atoms with Gasteiger partial charge in [-0.05, 0) is 55.8 Å². The van der Waals surface area contributed by atoms with E-state index in [4.69, 9.17) is 10.00 Å². The Labute approximate surface area is 163 Å². The van der Waals surface area contributed by atoms with Gasteiger partial charge in [0.25, 0.3) is 5.91 Å². The average molecular weight is 373 g/mol. The highest BCUT2D eigenvalue weighted by molar-refractivity contribution is 6.03. The SMILES string of the molecule is COc1ccc(C)cc1Nc1cc(C(=O)Nc2ccc(C#N)cc2)nc(C)n1. The largest absolute Gasteiger partial charge is 0.495 e. The molecule has 0 radical (unpaired) electrons. The summed E-state index contributed by atoms with van der Waals surface area (Å²) in [5, 5.41) is 14.8. The van der Waals surface area contributed by atoms with E-state index in [-0.39, 0.29) is 11.6 Å². The van der Waals surface area contributed by atoms with Gasteiger partial charge in [0, 0.05) is 11.8 Å². The van der Waals surface area contributed by atoms with E-state index >= 15 is 0 Å². The lowest BCUT2D eigenvalue weighted by atomic mass is 10.2. The highest BCUT2D eigenvalue weighted by Crippen LogP contribution is 2.28. The number of nitriles is 1. The van der Waals surface area contributed by atoms with Crippen molar-refractivity contribution in [2.24, 2.45) is 0 Å². The number of aromatic nitrogens is 2. The van der Waals surface area contributed by atoms with Crippen LogP contribution in [0.5, 0.6) is 5.75 Å². The van der Waals surface area contributed by atoms with Crippen LogP contribution in [0.4, 0.5) is 17.2 Å². The fraction of sp³-hybridized carbons (Fsp3) is 0.143. The van der Waals surface area contributed by atoms with Gasteiger partial charge in [-0.15, -0.1) is 0 Å². The molecule has 2 N–H and O–H groups in total. The molecule has 0 aliphatic heterocycles.